The number of hydrogen-bond donors (Lipinski definition) is 1. The third kappa shape index (κ3) is 2.34. The van der Waals surface area contributed by atoms with Crippen molar-refractivity contribution in [1.29, 1.82) is 0 Å². The van der Waals surface area contributed by atoms with Gasteiger partial charge in [0, 0.05) is 10.7 Å². The lowest BCUT2D eigenvalue weighted by Crippen LogP contribution is -2.01. The molecule has 7 nitrogen and oxygen atoms in total. The Kier molecular flexibility index (Phi) is 3.37. The quantitative estimate of drug-likeness (QED) is 0.384. The molecule has 0 bridgehead atoms. The molecule has 2 N–H and O–H groups in total. The van der Waals surface area contributed by atoms with E-state index in [9.17, 15) is 14.5 Å². The van der Waals surface area contributed by atoms with Crippen LogP contribution in [0.15, 0.2) is 51.9 Å². The van der Waals surface area contributed by atoms with E-state index in [0.717, 1.165) is 0 Å². The average molecular weight is 256 g/mol. The molecule has 0 fully saturated rings. The van der Waals surface area contributed by atoms with Gasteiger partial charge in [0.15, 0.2) is 0 Å². The lowest BCUT2D eigenvalue weighted by molar-refractivity contribution is 0.0993. The molecule has 7 heteroatoms. The van der Waals surface area contributed by atoms with Gasteiger partial charge in [-0.05, 0) is 22.9 Å². The highest BCUT2D eigenvalue weighted by Gasteiger charge is 2.15. The Balaban J connectivity index is 2.73. The molecule has 0 atom stereocenters. The first kappa shape index (κ1) is 12.5. The van der Waals surface area contributed by atoms with E-state index in [1.807, 2.05) is 0 Å². The molecule has 0 heterocycles. The summed E-state index contributed by atoms with van der Waals surface area (Å²) in [4.78, 5) is 33.5. The van der Waals surface area contributed by atoms with Crippen molar-refractivity contribution in [1.82, 2.24) is 0 Å². The molecule has 2 aromatic carbocycles. The minimum Gasteiger partial charge on any atom is -0.304 e. The van der Waals surface area contributed by atoms with E-state index in [0.29, 0.717) is 10.8 Å². The topological polar surface area (TPSA) is 114 Å². The van der Waals surface area contributed by atoms with Crippen LogP contribution in [0.1, 0.15) is 20.7 Å². The van der Waals surface area contributed by atoms with Crippen molar-refractivity contribution in [2.45, 2.75) is 0 Å². The van der Waals surface area contributed by atoms with Crippen molar-refractivity contribution in [3.05, 3.63) is 52.4 Å². The highest BCUT2D eigenvalue weighted by molar-refractivity contribution is 6.10. The summed E-state index contributed by atoms with van der Waals surface area (Å²) in [5.41, 5.74) is 0.156. The number of hydrogen-bond acceptors (Lipinski definition) is 4. The summed E-state index contributed by atoms with van der Waals surface area (Å²) in [7, 11) is 0. The number of carbonyl (C=O) groups excluding carboxylic acids is 2. The Morgan fingerprint density at radius 1 is 1.05 bits per heavy atom. The fourth-order valence-electron chi connectivity index (χ4n) is 1.77. The van der Waals surface area contributed by atoms with Crippen LogP contribution in [-0.2, 0) is 0 Å². The Bertz CT molecular complexity index is 709. The minimum atomic E-state index is -0.949. The molecule has 0 saturated carbocycles. The van der Waals surface area contributed by atoms with Crippen LogP contribution in [0.3, 0.4) is 0 Å². The van der Waals surface area contributed by atoms with Crippen LogP contribution in [-0.4, -0.2) is 11.8 Å². The van der Waals surface area contributed by atoms with Crippen LogP contribution in [0.5, 0.6) is 0 Å². The number of nitrogens with zero attached hydrogens (tertiary/aromatic N) is 3. The second-order valence-corrected chi connectivity index (χ2v) is 3.66. The molecule has 0 aliphatic rings. The molecule has 94 valence electrons. The number of amides is 2. The Labute approximate surface area is 107 Å². The summed E-state index contributed by atoms with van der Waals surface area (Å²) in [5.74, 6) is 3.16. The standard InChI is InChI=1S/C12H8N4O3/c13-16-14-11(17)8-5-7-3-1-2-4-9(7)10(6-8)12(18)15-19/h1-6H,(H2,13,14,17). The van der Waals surface area contributed by atoms with Crippen molar-refractivity contribution in [3.8, 4) is 0 Å². The number of nitrogens with two attached hydrogens (primary N) is 1. The first-order valence-corrected chi connectivity index (χ1v) is 5.23. The number of carbonyl (C=O) groups is 2. The summed E-state index contributed by atoms with van der Waals surface area (Å²) in [6.45, 7) is 0. The van der Waals surface area contributed by atoms with Crippen molar-refractivity contribution in [2.75, 3.05) is 0 Å². The summed E-state index contributed by atoms with van der Waals surface area (Å²) >= 11 is 0. The zero-order valence-corrected chi connectivity index (χ0v) is 9.61. The molecule has 2 aromatic rings. The Hall–Kier alpha value is -2.96. The molecule has 2 rings (SSSR count). The highest BCUT2D eigenvalue weighted by atomic mass is 16.3. The zero-order chi connectivity index (χ0) is 13.8. The first-order chi connectivity index (χ1) is 9.17. The van der Waals surface area contributed by atoms with Crippen molar-refractivity contribution in [3.63, 3.8) is 0 Å². The molecule has 0 aliphatic carbocycles. The fraction of sp³-hybridized carbons (Fsp3) is 0. The van der Waals surface area contributed by atoms with Gasteiger partial charge in [-0.15, -0.1) is 4.91 Å². The lowest BCUT2D eigenvalue weighted by Gasteiger charge is -2.04. The first-order valence-electron chi connectivity index (χ1n) is 5.23. The number of benzene rings is 2. The van der Waals surface area contributed by atoms with Gasteiger partial charge in [-0.2, -0.15) is 0 Å². The summed E-state index contributed by atoms with van der Waals surface area (Å²) in [5, 5.41) is 9.59. The monoisotopic (exact) mass is 256 g/mol. The molecule has 0 aliphatic heterocycles. The van der Waals surface area contributed by atoms with Gasteiger partial charge in [-0.1, -0.05) is 34.6 Å². The van der Waals surface area contributed by atoms with E-state index in [2.05, 4.69) is 15.5 Å². The van der Waals surface area contributed by atoms with Crippen LogP contribution in [0, 0.1) is 4.91 Å². The smallest absolute Gasteiger partial charge is 0.304 e. The van der Waals surface area contributed by atoms with Crippen LogP contribution in [0.25, 0.3) is 10.8 Å². The molecule has 0 unspecified atom stereocenters. The molecular formula is C12H8N4O3. The zero-order valence-electron chi connectivity index (χ0n) is 9.61. The maximum absolute atomic E-state index is 11.6. The van der Waals surface area contributed by atoms with E-state index < -0.39 is 11.8 Å². The van der Waals surface area contributed by atoms with Crippen LogP contribution in [0.4, 0.5) is 0 Å². The summed E-state index contributed by atoms with van der Waals surface area (Å²) in [6.07, 6.45) is 0. The number of rotatable bonds is 2. The number of fused-ring (bicyclic) bond motifs is 1. The molecule has 0 aromatic heterocycles. The maximum atomic E-state index is 11.6. The average Bonchev–Trinajstić information content (AvgIpc) is 2.45. The van der Waals surface area contributed by atoms with Crippen molar-refractivity contribution < 1.29 is 9.59 Å². The Morgan fingerprint density at radius 2 is 1.79 bits per heavy atom. The van der Waals surface area contributed by atoms with Gasteiger partial charge in [0.05, 0.1) is 5.56 Å². The van der Waals surface area contributed by atoms with E-state index in [1.165, 1.54) is 12.1 Å². The van der Waals surface area contributed by atoms with Gasteiger partial charge < -0.3 is 5.84 Å². The third-order valence-corrected chi connectivity index (χ3v) is 2.57. The molecular weight excluding hydrogens is 248 g/mol. The van der Waals surface area contributed by atoms with Crippen LogP contribution >= 0.6 is 0 Å². The normalized spacial score (nSPS) is 10.7. The largest absolute Gasteiger partial charge is 0.317 e. The molecule has 2 amide bonds. The second-order valence-electron chi connectivity index (χ2n) is 3.66. The Morgan fingerprint density at radius 3 is 2.47 bits per heavy atom. The summed E-state index contributed by atoms with van der Waals surface area (Å²) < 4.78 is 0. The van der Waals surface area contributed by atoms with E-state index in [-0.39, 0.29) is 11.1 Å². The highest BCUT2D eigenvalue weighted by Crippen LogP contribution is 2.22. The van der Waals surface area contributed by atoms with E-state index >= 15 is 0 Å². The van der Waals surface area contributed by atoms with Gasteiger partial charge in [0.2, 0.25) is 0 Å². The molecule has 0 spiro atoms. The van der Waals surface area contributed by atoms with Gasteiger partial charge >= 0.3 is 5.91 Å². The number of nitroso groups, excluding NO2 is 1. The fourth-order valence-corrected chi connectivity index (χ4v) is 1.77. The van der Waals surface area contributed by atoms with Gasteiger partial charge in [-0.25, -0.2) is 0 Å². The van der Waals surface area contributed by atoms with Crippen LogP contribution < -0.4 is 5.84 Å². The minimum absolute atomic E-state index is 0.0451. The van der Waals surface area contributed by atoms with Gasteiger partial charge in [-0.3, -0.25) is 9.59 Å². The van der Waals surface area contributed by atoms with Crippen molar-refractivity contribution in [2.24, 2.45) is 21.4 Å². The predicted molar refractivity (Wildman–Crippen MR) is 67.4 cm³/mol. The molecule has 0 radical (unpaired) electrons. The lowest BCUT2D eigenvalue weighted by atomic mass is 10.00. The third-order valence-electron chi connectivity index (χ3n) is 2.57. The molecule has 0 saturated heterocycles. The molecule has 19 heavy (non-hydrogen) atoms. The SMILES string of the molecule is NN=NC(=O)c1cc(C(=O)N=O)c2ccccc2c1. The maximum Gasteiger partial charge on any atom is 0.317 e. The van der Waals surface area contributed by atoms with E-state index in [4.69, 9.17) is 5.84 Å². The van der Waals surface area contributed by atoms with E-state index in [1.54, 1.807) is 24.3 Å². The summed E-state index contributed by atoms with van der Waals surface area (Å²) in [6, 6.07) is 9.60. The second kappa shape index (κ2) is 5.13. The van der Waals surface area contributed by atoms with Crippen LogP contribution in [0.2, 0.25) is 0 Å². The van der Waals surface area contributed by atoms with Gasteiger partial charge in [0.1, 0.15) is 0 Å². The van der Waals surface area contributed by atoms with Crippen molar-refractivity contribution >= 4 is 22.6 Å². The van der Waals surface area contributed by atoms with Gasteiger partial charge in [0.25, 0.3) is 5.91 Å². The predicted octanol–water partition coefficient (Wildman–Crippen LogP) is 2.21.